The van der Waals surface area contributed by atoms with Gasteiger partial charge in [-0.05, 0) is 67.1 Å². The van der Waals surface area contributed by atoms with E-state index in [2.05, 4.69) is 4.57 Å². The van der Waals surface area contributed by atoms with E-state index in [4.69, 9.17) is 11.6 Å². The zero-order valence-corrected chi connectivity index (χ0v) is 17.6. The van der Waals surface area contributed by atoms with Crippen LogP contribution in [-0.2, 0) is 11.3 Å². The number of halogens is 1. The SMILES string of the molecule is Cc1cc(/C=C2/SC(=O)N(Cc3ccccc3Cl)C2=O)c(C)n1-c1ccccc1. The van der Waals surface area contributed by atoms with Gasteiger partial charge in [0.1, 0.15) is 0 Å². The summed E-state index contributed by atoms with van der Waals surface area (Å²) in [5.41, 5.74) is 4.82. The van der Waals surface area contributed by atoms with Gasteiger partial charge in [0, 0.05) is 22.1 Å². The molecule has 1 saturated heterocycles. The molecular weight excluding hydrogens is 404 g/mol. The highest BCUT2D eigenvalue weighted by Crippen LogP contribution is 2.35. The lowest BCUT2D eigenvalue weighted by Gasteiger charge is -2.13. The fourth-order valence-electron chi connectivity index (χ4n) is 3.48. The monoisotopic (exact) mass is 422 g/mol. The summed E-state index contributed by atoms with van der Waals surface area (Å²) in [5, 5.41) is 0.264. The molecule has 1 fully saturated rings. The molecule has 0 spiro atoms. The number of nitrogens with zero attached hydrogens (tertiary/aromatic N) is 2. The standard InChI is InChI=1S/C23H19ClN2O2S/c1-15-12-18(16(2)26(15)19-9-4-3-5-10-19)13-21-22(27)25(23(28)29-21)14-17-8-6-7-11-20(17)24/h3-13H,14H2,1-2H3/b21-13+. The molecule has 2 heterocycles. The van der Waals surface area contributed by atoms with Crippen molar-refractivity contribution in [3.05, 3.63) is 93.1 Å². The highest BCUT2D eigenvalue weighted by molar-refractivity contribution is 8.18. The molecule has 0 bridgehead atoms. The number of amides is 2. The van der Waals surface area contributed by atoms with E-state index in [-0.39, 0.29) is 17.7 Å². The summed E-state index contributed by atoms with van der Waals surface area (Å²) in [7, 11) is 0. The van der Waals surface area contributed by atoms with Crippen LogP contribution in [0.3, 0.4) is 0 Å². The van der Waals surface area contributed by atoms with Crippen LogP contribution in [0.25, 0.3) is 11.8 Å². The molecule has 3 aromatic rings. The lowest BCUT2D eigenvalue weighted by molar-refractivity contribution is -0.123. The Hall–Kier alpha value is -2.76. The van der Waals surface area contributed by atoms with Crippen LogP contribution < -0.4 is 0 Å². The maximum atomic E-state index is 12.9. The third-order valence-electron chi connectivity index (χ3n) is 4.93. The zero-order valence-electron chi connectivity index (χ0n) is 16.1. The minimum Gasteiger partial charge on any atom is -0.318 e. The molecule has 4 rings (SSSR count). The smallest absolute Gasteiger partial charge is 0.293 e. The first kappa shape index (κ1) is 19.6. The second kappa shape index (κ2) is 7.93. The summed E-state index contributed by atoms with van der Waals surface area (Å²) < 4.78 is 2.14. The van der Waals surface area contributed by atoms with E-state index in [1.54, 1.807) is 12.1 Å². The largest absolute Gasteiger partial charge is 0.318 e. The van der Waals surface area contributed by atoms with Crippen LogP contribution >= 0.6 is 23.4 Å². The number of hydrogen-bond donors (Lipinski definition) is 0. The second-order valence-corrected chi connectivity index (χ2v) is 8.26. The van der Waals surface area contributed by atoms with Crippen LogP contribution in [-0.4, -0.2) is 20.6 Å². The number of aryl methyl sites for hydroxylation is 1. The Morgan fingerprint density at radius 2 is 1.69 bits per heavy atom. The first-order chi connectivity index (χ1) is 14.0. The molecular formula is C23H19ClN2O2S. The number of thioether (sulfide) groups is 1. The Bertz CT molecular complexity index is 1140. The van der Waals surface area contributed by atoms with Crippen molar-refractivity contribution in [2.24, 2.45) is 0 Å². The van der Waals surface area contributed by atoms with Crippen molar-refractivity contribution in [3.63, 3.8) is 0 Å². The molecule has 4 nitrogen and oxygen atoms in total. The topological polar surface area (TPSA) is 42.3 Å². The number of imide groups is 1. The lowest BCUT2D eigenvalue weighted by Crippen LogP contribution is -2.27. The molecule has 1 aliphatic heterocycles. The van der Waals surface area contributed by atoms with Gasteiger partial charge >= 0.3 is 0 Å². The molecule has 146 valence electrons. The van der Waals surface area contributed by atoms with E-state index in [1.165, 1.54) is 4.90 Å². The van der Waals surface area contributed by atoms with E-state index in [0.717, 1.165) is 40.0 Å². The van der Waals surface area contributed by atoms with Gasteiger partial charge in [0.15, 0.2) is 0 Å². The van der Waals surface area contributed by atoms with Gasteiger partial charge in [0.25, 0.3) is 11.1 Å². The van der Waals surface area contributed by atoms with Crippen LogP contribution in [0.2, 0.25) is 5.02 Å². The molecule has 2 amide bonds. The molecule has 0 radical (unpaired) electrons. The number of carbonyl (C=O) groups is 2. The Balaban J connectivity index is 1.64. The maximum Gasteiger partial charge on any atom is 0.293 e. The van der Waals surface area contributed by atoms with Crippen LogP contribution in [0.1, 0.15) is 22.5 Å². The second-order valence-electron chi connectivity index (χ2n) is 6.86. The summed E-state index contributed by atoms with van der Waals surface area (Å²) in [6.45, 7) is 4.21. The van der Waals surface area contributed by atoms with Gasteiger partial charge < -0.3 is 4.57 Å². The van der Waals surface area contributed by atoms with Crippen molar-refractivity contribution in [1.29, 1.82) is 0 Å². The van der Waals surface area contributed by atoms with Gasteiger partial charge in [-0.25, -0.2) is 0 Å². The van der Waals surface area contributed by atoms with Crippen LogP contribution in [0.4, 0.5) is 4.79 Å². The normalized spacial score (nSPS) is 15.6. The molecule has 0 N–H and O–H groups in total. The van der Waals surface area contributed by atoms with Gasteiger partial charge in [-0.3, -0.25) is 14.5 Å². The number of aromatic nitrogens is 1. The van der Waals surface area contributed by atoms with E-state index in [1.807, 2.05) is 68.4 Å². The predicted molar refractivity (Wildman–Crippen MR) is 118 cm³/mol. The first-order valence-corrected chi connectivity index (χ1v) is 10.4. The Morgan fingerprint density at radius 3 is 2.41 bits per heavy atom. The van der Waals surface area contributed by atoms with Crippen LogP contribution in [0, 0.1) is 13.8 Å². The maximum absolute atomic E-state index is 12.9. The summed E-state index contributed by atoms with van der Waals surface area (Å²) in [6, 6.07) is 19.3. The molecule has 29 heavy (non-hydrogen) atoms. The van der Waals surface area contributed by atoms with Crippen LogP contribution in [0.5, 0.6) is 0 Å². The number of carbonyl (C=O) groups excluding carboxylic acids is 2. The van der Waals surface area contributed by atoms with Crippen LogP contribution in [0.15, 0.2) is 65.6 Å². The summed E-state index contributed by atoms with van der Waals surface area (Å²) in [4.78, 5) is 27.0. The molecule has 1 aromatic heterocycles. The van der Waals surface area contributed by atoms with Gasteiger partial charge in [0.2, 0.25) is 0 Å². The van der Waals surface area contributed by atoms with Gasteiger partial charge in [-0.2, -0.15) is 0 Å². The highest BCUT2D eigenvalue weighted by Gasteiger charge is 2.35. The van der Waals surface area contributed by atoms with Crippen molar-refractivity contribution in [1.82, 2.24) is 9.47 Å². The predicted octanol–water partition coefficient (Wildman–Crippen LogP) is 5.98. The molecule has 0 unspecified atom stereocenters. The minimum absolute atomic E-state index is 0.171. The van der Waals surface area contributed by atoms with Crippen molar-refractivity contribution in [2.45, 2.75) is 20.4 Å². The zero-order chi connectivity index (χ0) is 20.5. The molecule has 0 atom stereocenters. The first-order valence-electron chi connectivity index (χ1n) is 9.19. The molecule has 0 saturated carbocycles. The number of para-hydroxylation sites is 1. The average Bonchev–Trinajstić information content (AvgIpc) is 3.13. The van der Waals surface area contributed by atoms with Gasteiger partial charge in [0.05, 0.1) is 11.4 Å². The van der Waals surface area contributed by atoms with Crippen molar-refractivity contribution in [3.8, 4) is 5.69 Å². The molecule has 1 aliphatic rings. The molecule has 6 heteroatoms. The van der Waals surface area contributed by atoms with Crippen molar-refractivity contribution >= 4 is 40.6 Å². The molecule has 0 aliphatic carbocycles. The number of hydrogen-bond acceptors (Lipinski definition) is 3. The number of benzene rings is 2. The van der Waals surface area contributed by atoms with Gasteiger partial charge in [-0.1, -0.05) is 48.0 Å². The third-order valence-corrected chi connectivity index (χ3v) is 6.21. The van der Waals surface area contributed by atoms with E-state index in [0.29, 0.717) is 9.93 Å². The summed E-state index contributed by atoms with van der Waals surface area (Å²) >= 11 is 7.16. The van der Waals surface area contributed by atoms with E-state index in [9.17, 15) is 9.59 Å². The van der Waals surface area contributed by atoms with Crippen molar-refractivity contribution in [2.75, 3.05) is 0 Å². The lowest BCUT2D eigenvalue weighted by atomic mass is 10.2. The quantitative estimate of drug-likeness (QED) is 0.485. The summed E-state index contributed by atoms with van der Waals surface area (Å²) in [6.07, 6.45) is 1.80. The Morgan fingerprint density at radius 1 is 1.00 bits per heavy atom. The van der Waals surface area contributed by atoms with E-state index < -0.39 is 0 Å². The Labute approximate surface area is 178 Å². The fraction of sp³-hybridized carbons (Fsp3) is 0.130. The number of rotatable bonds is 4. The summed E-state index contributed by atoms with van der Waals surface area (Å²) in [5.74, 6) is -0.288. The highest BCUT2D eigenvalue weighted by atomic mass is 35.5. The van der Waals surface area contributed by atoms with E-state index >= 15 is 0 Å². The molecule has 2 aromatic carbocycles. The minimum atomic E-state index is -0.288. The average molecular weight is 423 g/mol. The van der Waals surface area contributed by atoms with Gasteiger partial charge in [-0.15, -0.1) is 0 Å². The fourth-order valence-corrected chi connectivity index (χ4v) is 4.51. The van der Waals surface area contributed by atoms with Crippen molar-refractivity contribution < 1.29 is 9.59 Å². The third kappa shape index (κ3) is 3.76. The Kier molecular flexibility index (Phi) is 5.35.